The van der Waals surface area contributed by atoms with E-state index in [4.69, 9.17) is 10.5 Å². The Labute approximate surface area is 119 Å². The number of ether oxygens (including phenoxy) is 1. The largest absolute Gasteiger partial charge is 0.497 e. The minimum atomic E-state index is -0.179. The van der Waals surface area contributed by atoms with E-state index in [1.165, 1.54) is 0 Å². The molecule has 1 aromatic rings. The third kappa shape index (κ3) is 6.67. The van der Waals surface area contributed by atoms with Crippen LogP contribution in [-0.2, 0) is 11.2 Å². The molecular formula is C13H20ClN3O2. The van der Waals surface area contributed by atoms with Crippen molar-refractivity contribution in [3.05, 3.63) is 29.8 Å². The number of benzene rings is 1. The number of carbonyl (C=O) groups excluding carboxylic acids is 1. The maximum atomic E-state index is 11.7. The van der Waals surface area contributed by atoms with E-state index in [9.17, 15) is 4.79 Å². The fourth-order valence-corrected chi connectivity index (χ4v) is 1.43. The van der Waals surface area contributed by atoms with E-state index in [1.54, 1.807) is 7.11 Å². The molecule has 0 saturated carbocycles. The lowest BCUT2D eigenvalue weighted by Gasteiger charge is -2.06. The van der Waals surface area contributed by atoms with Gasteiger partial charge in [0, 0.05) is 6.04 Å². The van der Waals surface area contributed by atoms with E-state index >= 15 is 0 Å². The maximum Gasteiger partial charge on any atom is 0.231 e. The first-order chi connectivity index (χ1) is 8.51. The monoisotopic (exact) mass is 285 g/mol. The molecule has 5 nitrogen and oxygen atoms in total. The summed E-state index contributed by atoms with van der Waals surface area (Å²) in [6.07, 6.45) is 0.262. The number of carbonyl (C=O) groups is 1. The van der Waals surface area contributed by atoms with Gasteiger partial charge in [0.2, 0.25) is 5.91 Å². The van der Waals surface area contributed by atoms with Gasteiger partial charge in [0.15, 0.2) is 5.96 Å². The Morgan fingerprint density at radius 2 is 1.95 bits per heavy atom. The molecular weight excluding hydrogens is 266 g/mol. The maximum absolute atomic E-state index is 11.7. The van der Waals surface area contributed by atoms with E-state index in [0.717, 1.165) is 11.3 Å². The van der Waals surface area contributed by atoms with Gasteiger partial charge in [0.25, 0.3) is 0 Å². The average molecular weight is 286 g/mol. The summed E-state index contributed by atoms with van der Waals surface area (Å²) in [7, 11) is 1.60. The van der Waals surface area contributed by atoms with Gasteiger partial charge in [-0.1, -0.05) is 12.1 Å². The van der Waals surface area contributed by atoms with Crippen LogP contribution in [0.2, 0.25) is 0 Å². The highest BCUT2D eigenvalue weighted by molar-refractivity contribution is 5.97. The van der Waals surface area contributed by atoms with Crippen molar-refractivity contribution in [3.8, 4) is 5.75 Å². The first kappa shape index (κ1) is 17.2. The van der Waals surface area contributed by atoms with E-state index in [0.29, 0.717) is 0 Å². The predicted molar refractivity (Wildman–Crippen MR) is 78.8 cm³/mol. The van der Waals surface area contributed by atoms with Crippen LogP contribution < -0.4 is 15.8 Å². The van der Waals surface area contributed by atoms with Gasteiger partial charge in [-0.15, -0.1) is 12.4 Å². The number of rotatable bonds is 4. The Kier molecular flexibility index (Phi) is 7.60. The van der Waals surface area contributed by atoms with Crippen molar-refractivity contribution < 1.29 is 9.53 Å². The minimum Gasteiger partial charge on any atom is -0.497 e. The summed E-state index contributed by atoms with van der Waals surface area (Å²) < 4.78 is 5.04. The molecule has 0 aliphatic heterocycles. The topological polar surface area (TPSA) is 76.7 Å². The van der Waals surface area contributed by atoms with Crippen molar-refractivity contribution in [1.29, 1.82) is 0 Å². The minimum absolute atomic E-state index is 0. The number of nitrogens with zero attached hydrogens (tertiary/aromatic N) is 1. The molecule has 0 fully saturated rings. The first-order valence-corrected chi connectivity index (χ1v) is 5.77. The Bertz CT molecular complexity index is 430. The summed E-state index contributed by atoms with van der Waals surface area (Å²) in [6, 6.07) is 7.37. The van der Waals surface area contributed by atoms with Crippen molar-refractivity contribution in [3.63, 3.8) is 0 Å². The SMILES string of the molecule is COc1ccc(CC(=O)NC(N)=NC(C)C)cc1.Cl. The number of amides is 1. The van der Waals surface area contributed by atoms with Gasteiger partial charge < -0.3 is 10.5 Å². The van der Waals surface area contributed by atoms with Crippen LogP contribution in [0.1, 0.15) is 19.4 Å². The second-order valence-electron chi connectivity index (χ2n) is 4.18. The zero-order valence-corrected chi connectivity index (χ0v) is 12.2. The van der Waals surface area contributed by atoms with Crippen molar-refractivity contribution in [2.45, 2.75) is 26.3 Å². The summed E-state index contributed by atoms with van der Waals surface area (Å²) in [4.78, 5) is 15.7. The van der Waals surface area contributed by atoms with E-state index in [2.05, 4.69) is 10.3 Å². The highest BCUT2D eigenvalue weighted by atomic mass is 35.5. The number of nitrogens with one attached hydrogen (secondary N) is 1. The van der Waals surface area contributed by atoms with Crippen LogP contribution in [0.5, 0.6) is 5.75 Å². The van der Waals surface area contributed by atoms with Gasteiger partial charge in [-0.25, -0.2) is 0 Å². The van der Waals surface area contributed by atoms with Gasteiger partial charge in [-0.2, -0.15) is 0 Å². The van der Waals surface area contributed by atoms with E-state index in [1.807, 2.05) is 38.1 Å². The Morgan fingerprint density at radius 3 is 2.42 bits per heavy atom. The highest BCUT2D eigenvalue weighted by Crippen LogP contribution is 2.11. The predicted octanol–water partition coefficient (Wildman–Crippen LogP) is 1.50. The molecule has 0 aliphatic carbocycles. The summed E-state index contributed by atoms with van der Waals surface area (Å²) in [5, 5.41) is 2.55. The quantitative estimate of drug-likeness (QED) is 0.650. The molecule has 1 rings (SSSR count). The summed E-state index contributed by atoms with van der Waals surface area (Å²) in [6.45, 7) is 3.78. The van der Waals surface area contributed by atoms with Crippen molar-refractivity contribution in [2.75, 3.05) is 7.11 Å². The molecule has 0 saturated heterocycles. The van der Waals surface area contributed by atoms with Crippen molar-refractivity contribution in [1.82, 2.24) is 5.32 Å². The first-order valence-electron chi connectivity index (χ1n) is 5.77. The van der Waals surface area contributed by atoms with Crippen LogP contribution in [0.4, 0.5) is 0 Å². The Hall–Kier alpha value is -1.75. The van der Waals surface area contributed by atoms with Gasteiger partial charge in [-0.05, 0) is 31.5 Å². The third-order valence-corrected chi connectivity index (χ3v) is 2.19. The standard InChI is InChI=1S/C13H19N3O2.ClH/c1-9(2)15-13(14)16-12(17)8-10-4-6-11(18-3)7-5-10;/h4-7,9H,8H2,1-3H3,(H3,14,15,16,17);1H. The average Bonchev–Trinajstić information content (AvgIpc) is 2.28. The van der Waals surface area contributed by atoms with Crippen LogP contribution in [-0.4, -0.2) is 25.0 Å². The lowest BCUT2D eigenvalue weighted by Crippen LogP contribution is -2.38. The molecule has 0 radical (unpaired) electrons. The molecule has 106 valence electrons. The molecule has 0 atom stereocenters. The molecule has 1 aromatic carbocycles. The zero-order chi connectivity index (χ0) is 13.5. The van der Waals surface area contributed by atoms with Crippen molar-refractivity contribution >= 4 is 24.3 Å². The van der Waals surface area contributed by atoms with Crippen LogP contribution in [0, 0.1) is 0 Å². The molecule has 0 spiro atoms. The van der Waals surface area contributed by atoms with Crippen LogP contribution in [0.3, 0.4) is 0 Å². The molecule has 1 amide bonds. The van der Waals surface area contributed by atoms with Crippen LogP contribution in [0.25, 0.3) is 0 Å². The van der Waals surface area contributed by atoms with Gasteiger partial charge in [0.1, 0.15) is 5.75 Å². The molecule has 6 heteroatoms. The van der Waals surface area contributed by atoms with Crippen LogP contribution >= 0.6 is 12.4 Å². The van der Waals surface area contributed by atoms with Gasteiger partial charge in [-0.3, -0.25) is 15.1 Å². The summed E-state index contributed by atoms with van der Waals surface area (Å²) in [5.41, 5.74) is 6.47. The van der Waals surface area contributed by atoms with Crippen molar-refractivity contribution in [2.24, 2.45) is 10.7 Å². The Morgan fingerprint density at radius 1 is 1.37 bits per heavy atom. The zero-order valence-electron chi connectivity index (χ0n) is 11.3. The molecule has 0 bridgehead atoms. The normalized spacial score (nSPS) is 10.8. The summed E-state index contributed by atoms with van der Waals surface area (Å²) in [5.74, 6) is 0.741. The molecule has 0 aromatic heterocycles. The second kappa shape index (κ2) is 8.37. The molecule has 0 aliphatic rings. The number of guanidine groups is 1. The summed E-state index contributed by atoms with van der Waals surface area (Å²) >= 11 is 0. The van der Waals surface area contributed by atoms with E-state index in [-0.39, 0.29) is 36.7 Å². The second-order valence-corrected chi connectivity index (χ2v) is 4.18. The smallest absolute Gasteiger partial charge is 0.231 e. The Balaban J connectivity index is 0.00000324. The molecule has 0 unspecified atom stereocenters. The lowest BCUT2D eigenvalue weighted by molar-refractivity contribution is -0.119. The van der Waals surface area contributed by atoms with E-state index < -0.39 is 0 Å². The number of hydrogen-bond acceptors (Lipinski definition) is 3. The third-order valence-electron chi connectivity index (χ3n) is 2.19. The highest BCUT2D eigenvalue weighted by Gasteiger charge is 2.05. The number of aliphatic imine (C=N–C) groups is 1. The fourth-order valence-electron chi connectivity index (χ4n) is 1.43. The van der Waals surface area contributed by atoms with Crippen LogP contribution in [0.15, 0.2) is 29.3 Å². The number of hydrogen-bond donors (Lipinski definition) is 2. The molecule has 19 heavy (non-hydrogen) atoms. The molecule has 3 N–H and O–H groups in total. The fraction of sp³-hybridized carbons (Fsp3) is 0.385. The van der Waals surface area contributed by atoms with Gasteiger partial charge >= 0.3 is 0 Å². The molecule has 0 heterocycles. The van der Waals surface area contributed by atoms with Gasteiger partial charge in [0.05, 0.1) is 13.5 Å². The number of nitrogens with two attached hydrogens (primary N) is 1. The number of methoxy groups -OCH3 is 1. The lowest BCUT2D eigenvalue weighted by atomic mass is 10.1. The number of halogens is 1.